The van der Waals surface area contributed by atoms with Crippen LogP contribution in [-0.2, 0) is 0 Å². The average Bonchev–Trinajstić information content (AvgIpc) is 2.51. The molecule has 1 atom stereocenters. The second-order valence-corrected chi connectivity index (χ2v) is 5.66. The molecule has 0 saturated heterocycles. The molecule has 2 aromatic rings. The molecular formula is C16H14Cl3NO. The maximum Gasteiger partial charge on any atom is 0.118 e. The molecule has 0 N–H and O–H groups in total. The molecule has 0 bridgehead atoms. The molecule has 0 fully saturated rings. The Bertz CT molecular complexity index is 653. The lowest BCUT2D eigenvalue weighted by Gasteiger charge is -2.11. The van der Waals surface area contributed by atoms with Gasteiger partial charge in [-0.2, -0.15) is 0 Å². The summed E-state index contributed by atoms with van der Waals surface area (Å²) in [7, 11) is 1.64. The van der Waals surface area contributed by atoms with Gasteiger partial charge in [0.2, 0.25) is 0 Å². The van der Waals surface area contributed by atoms with Gasteiger partial charge in [-0.1, -0.05) is 40.9 Å². The standard InChI is InChI=1S/C16H14Cl3NO/c1-10(13-7-8-14(17)16(19)15(13)18)20-9-11-3-5-12(21-2)6-4-11/h3-10H,1-2H3. The van der Waals surface area contributed by atoms with Gasteiger partial charge >= 0.3 is 0 Å². The molecule has 0 spiro atoms. The molecule has 0 amide bonds. The Hall–Kier alpha value is -1.22. The Morgan fingerprint density at radius 1 is 1.00 bits per heavy atom. The number of benzene rings is 2. The van der Waals surface area contributed by atoms with Gasteiger partial charge in [-0.15, -0.1) is 0 Å². The minimum absolute atomic E-state index is 0.116. The highest BCUT2D eigenvalue weighted by atomic mass is 35.5. The van der Waals surface area contributed by atoms with Crippen molar-refractivity contribution in [1.82, 2.24) is 0 Å². The van der Waals surface area contributed by atoms with E-state index in [4.69, 9.17) is 39.5 Å². The van der Waals surface area contributed by atoms with Gasteiger partial charge in [-0.25, -0.2) is 0 Å². The van der Waals surface area contributed by atoms with E-state index in [0.717, 1.165) is 16.9 Å². The Morgan fingerprint density at radius 3 is 2.29 bits per heavy atom. The van der Waals surface area contributed by atoms with E-state index in [1.165, 1.54) is 0 Å². The Balaban J connectivity index is 2.18. The highest BCUT2D eigenvalue weighted by Crippen LogP contribution is 2.36. The van der Waals surface area contributed by atoms with E-state index >= 15 is 0 Å². The monoisotopic (exact) mass is 341 g/mol. The van der Waals surface area contributed by atoms with Crippen LogP contribution >= 0.6 is 34.8 Å². The maximum absolute atomic E-state index is 6.21. The van der Waals surface area contributed by atoms with Gasteiger partial charge < -0.3 is 4.74 Å². The van der Waals surface area contributed by atoms with Crippen molar-refractivity contribution in [2.45, 2.75) is 13.0 Å². The maximum atomic E-state index is 6.21. The first-order chi connectivity index (χ1) is 10.0. The predicted octanol–water partition coefficient (Wildman–Crippen LogP) is 5.84. The highest BCUT2D eigenvalue weighted by Gasteiger charge is 2.13. The summed E-state index contributed by atoms with van der Waals surface area (Å²) < 4.78 is 5.12. The smallest absolute Gasteiger partial charge is 0.118 e. The van der Waals surface area contributed by atoms with Gasteiger partial charge in [0, 0.05) is 6.21 Å². The van der Waals surface area contributed by atoms with Crippen LogP contribution in [0.1, 0.15) is 24.1 Å². The fraction of sp³-hybridized carbons (Fsp3) is 0.188. The molecule has 0 aliphatic carbocycles. The van der Waals surface area contributed by atoms with Crippen LogP contribution in [0.15, 0.2) is 41.4 Å². The third-order valence-corrected chi connectivity index (χ3v) is 4.39. The Morgan fingerprint density at radius 2 is 1.67 bits per heavy atom. The summed E-state index contributed by atoms with van der Waals surface area (Å²) in [5, 5.41) is 1.25. The number of aliphatic imine (C=N–C) groups is 1. The van der Waals surface area contributed by atoms with Gasteiger partial charge in [-0.3, -0.25) is 4.99 Å². The molecule has 110 valence electrons. The first-order valence-electron chi connectivity index (χ1n) is 6.33. The molecule has 0 radical (unpaired) electrons. The van der Waals surface area contributed by atoms with E-state index in [1.807, 2.05) is 37.3 Å². The summed E-state index contributed by atoms with van der Waals surface area (Å²) in [6.45, 7) is 1.95. The predicted molar refractivity (Wildman–Crippen MR) is 90.5 cm³/mol. The fourth-order valence-corrected chi connectivity index (χ4v) is 2.53. The van der Waals surface area contributed by atoms with Crippen molar-refractivity contribution >= 4 is 41.0 Å². The summed E-state index contributed by atoms with van der Waals surface area (Å²) in [5.74, 6) is 0.813. The molecule has 0 aromatic heterocycles. The molecule has 0 heterocycles. The van der Waals surface area contributed by atoms with Crippen LogP contribution in [0.3, 0.4) is 0 Å². The summed E-state index contributed by atoms with van der Waals surface area (Å²) in [4.78, 5) is 4.50. The molecule has 2 aromatic carbocycles. The van der Waals surface area contributed by atoms with Crippen LogP contribution in [0, 0.1) is 0 Å². The lowest BCUT2D eigenvalue weighted by atomic mass is 10.1. The zero-order valence-corrected chi connectivity index (χ0v) is 13.9. The normalized spacial score (nSPS) is 12.6. The second kappa shape index (κ2) is 7.17. The first-order valence-corrected chi connectivity index (χ1v) is 7.47. The van der Waals surface area contributed by atoms with E-state index in [-0.39, 0.29) is 6.04 Å². The molecule has 0 aliphatic heterocycles. The molecule has 2 rings (SSSR count). The highest BCUT2D eigenvalue weighted by molar-refractivity contribution is 6.48. The van der Waals surface area contributed by atoms with Crippen molar-refractivity contribution in [2.24, 2.45) is 4.99 Å². The number of hydrogen-bond donors (Lipinski definition) is 0. The third-order valence-electron chi connectivity index (χ3n) is 3.08. The minimum Gasteiger partial charge on any atom is -0.497 e. The van der Waals surface area contributed by atoms with Crippen LogP contribution in [-0.4, -0.2) is 13.3 Å². The second-order valence-electron chi connectivity index (χ2n) is 4.49. The van der Waals surface area contributed by atoms with E-state index in [0.29, 0.717) is 15.1 Å². The van der Waals surface area contributed by atoms with Crippen molar-refractivity contribution < 1.29 is 4.74 Å². The van der Waals surface area contributed by atoms with E-state index in [9.17, 15) is 0 Å². The summed E-state index contributed by atoms with van der Waals surface area (Å²) in [5.41, 5.74) is 1.83. The zero-order valence-electron chi connectivity index (χ0n) is 11.6. The molecule has 1 unspecified atom stereocenters. The number of halogens is 3. The van der Waals surface area contributed by atoms with Crippen molar-refractivity contribution in [3.05, 3.63) is 62.6 Å². The summed E-state index contributed by atoms with van der Waals surface area (Å²) in [6, 6.07) is 11.1. The summed E-state index contributed by atoms with van der Waals surface area (Å²) in [6.07, 6.45) is 1.79. The first kappa shape index (κ1) is 16.2. The molecule has 21 heavy (non-hydrogen) atoms. The summed E-state index contributed by atoms with van der Waals surface area (Å²) >= 11 is 18.2. The zero-order chi connectivity index (χ0) is 15.4. The third kappa shape index (κ3) is 3.91. The van der Waals surface area contributed by atoms with Crippen molar-refractivity contribution in [1.29, 1.82) is 0 Å². The molecule has 2 nitrogen and oxygen atoms in total. The molecule has 5 heteroatoms. The van der Waals surface area contributed by atoms with Gasteiger partial charge in [0.25, 0.3) is 0 Å². The van der Waals surface area contributed by atoms with Crippen molar-refractivity contribution in [3.8, 4) is 5.75 Å². The topological polar surface area (TPSA) is 21.6 Å². The van der Waals surface area contributed by atoms with Crippen LogP contribution < -0.4 is 4.74 Å². The quantitative estimate of drug-likeness (QED) is 0.505. The van der Waals surface area contributed by atoms with E-state index in [2.05, 4.69) is 4.99 Å². The fourth-order valence-electron chi connectivity index (χ4n) is 1.83. The Labute approximate surface area is 139 Å². The van der Waals surface area contributed by atoms with Gasteiger partial charge in [0.15, 0.2) is 0 Å². The number of ether oxygens (including phenoxy) is 1. The SMILES string of the molecule is COc1ccc(C=NC(C)c2ccc(Cl)c(Cl)c2Cl)cc1. The molecular weight excluding hydrogens is 329 g/mol. The molecule has 0 aliphatic rings. The van der Waals surface area contributed by atoms with Crippen LogP contribution in [0.5, 0.6) is 5.75 Å². The number of nitrogens with zero attached hydrogens (tertiary/aromatic N) is 1. The minimum atomic E-state index is -0.116. The van der Waals surface area contributed by atoms with Crippen LogP contribution in [0.2, 0.25) is 15.1 Å². The number of methoxy groups -OCH3 is 1. The van der Waals surface area contributed by atoms with Crippen LogP contribution in [0.4, 0.5) is 0 Å². The largest absolute Gasteiger partial charge is 0.497 e. The van der Waals surface area contributed by atoms with E-state index in [1.54, 1.807) is 19.4 Å². The lowest BCUT2D eigenvalue weighted by Crippen LogP contribution is -1.93. The van der Waals surface area contributed by atoms with Crippen molar-refractivity contribution in [3.63, 3.8) is 0 Å². The van der Waals surface area contributed by atoms with Gasteiger partial charge in [-0.05, 0) is 48.4 Å². The van der Waals surface area contributed by atoms with Gasteiger partial charge in [0.1, 0.15) is 5.75 Å². The molecule has 0 saturated carbocycles. The van der Waals surface area contributed by atoms with Crippen LogP contribution in [0.25, 0.3) is 0 Å². The lowest BCUT2D eigenvalue weighted by molar-refractivity contribution is 0.415. The Kier molecular flexibility index (Phi) is 5.51. The van der Waals surface area contributed by atoms with Gasteiger partial charge in [0.05, 0.1) is 28.2 Å². The average molecular weight is 343 g/mol. The number of rotatable bonds is 4. The van der Waals surface area contributed by atoms with E-state index < -0.39 is 0 Å². The van der Waals surface area contributed by atoms with Crippen molar-refractivity contribution in [2.75, 3.05) is 7.11 Å². The number of hydrogen-bond acceptors (Lipinski definition) is 2.